The van der Waals surface area contributed by atoms with Crippen LogP contribution in [0.5, 0.6) is 0 Å². The molecule has 0 heterocycles. The van der Waals surface area contributed by atoms with Crippen LogP contribution in [0, 0.1) is 0 Å². The summed E-state index contributed by atoms with van der Waals surface area (Å²) >= 11 is 2.89. The fourth-order valence-electron chi connectivity index (χ4n) is 1.14. The number of carbonyl (C=O) groups is 1. The highest BCUT2D eigenvalue weighted by molar-refractivity contribution is 9.10. The lowest BCUT2D eigenvalue weighted by molar-refractivity contribution is -0.137. The Bertz CT molecular complexity index is 483. The van der Waals surface area contributed by atoms with Gasteiger partial charge in [0.25, 0.3) is 0 Å². The molecule has 0 unspecified atom stereocenters. The summed E-state index contributed by atoms with van der Waals surface area (Å²) in [6, 6.07) is 2.10. The van der Waals surface area contributed by atoms with Crippen molar-refractivity contribution in [3.8, 4) is 0 Å². The number of hydrogen-bond acceptors (Lipinski definition) is 2. The van der Waals surface area contributed by atoms with Gasteiger partial charge in [-0.15, -0.1) is 0 Å². The zero-order valence-electron chi connectivity index (χ0n) is 8.25. The molecule has 0 saturated carbocycles. The zero-order valence-corrected chi connectivity index (χ0v) is 9.84. The first-order chi connectivity index (χ1) is 7.71. The number of aliphatic carboxylic acids is 1. The minimum absolute atomic E-state index is 0.0670. The molecular weight excluding hydrogens is 303 g/mol. The summed E-state index contributed by atoms with van der Waals surface area (Å²) < 4.78 is 37.8. The number of carboxylic acids is 1. The monoisotopic (exact) mass is 309 g/mol. The molecule has 0 bridgehead atoms. The third-order valence-electron chi connectivity index (χ3n) is 1.88. The van der Waals surface area contributed by atoms with Gasteiger partial charge in [0.1, 0.15) is 0 Å². The molecule has 0 saturated heterocycles. The maximum Gasteiger partial charge on any atom is 0.418 e. The van der Waals surface area contributed by atoms with Crippen molar-refractivity contribution in [3.05, 3.63) is 33.8 Å². The molecule has 1 aromatic rings. The van der Waals surface area contributed by atoms with Crippen molar-refractivity contribution in [2.45, 2.75) is 6.18 Å². The molecule has 92 valence electrons. The van der Waals surface area contributed by atoms with E-state index >= 15 is 0 Å². The van der Waals surface area contributed by atoms with Crippen LogP contribution in [0.4, 0.5) is 18.9 Å². The van der Waals surface area contributed by atoms with E-state index in [1.165, 1.54) is 6.07 Å². The Morgan fingerprint density at radius 3 is 2.47 bits per heavy atom. The lowest BCUT2D eigenvalue weighted by Gasteiger charge is -2.12. The lowest BCUT2D eigenvalue weighted by Crippen LogP contribution is -2.09. The number of halogens is 4. The molecule has 17 heavy (non-hydrogen) atoms. The molecule has 0 aromatic heterocycles. The van der Waals surface area contributed by atoms with Gasteiger partial charge in [0, 0.05) is 10.5 Å². The van der Waals surface area contributed by atoms with Gasteiger partial charge in [0.2, 0.25) is 0 Å². The van der Waals surface area contributed by atoms with Crippen LogP contribution in [0.25, 0.3) is 6.08 Å². The van der Waals surface area contributed by atoms with Crippen molar-refractivity contribution >= 4 is 33.7 Å². The van der Waals surface area contributed by atoms with E-state index < -0.39 is 23.4 Å². The fraction of sp³-hybridized carbons (Fsp3) is 0.100. The quantitative estimate of drug-likeness (QED) is 0.651. The maximum atomic E-state index is 12.6. The number of benzene rings is 1. The first-order valence-corrected chi connectivity index (χ1v) is 5.08. The molecule has 0 aliphatic carbocycles. The number of hydrogen-bond donors (Lipinski definition) is 2. The first-order valence-electron chi connectivity index (χ1n) is 4.29. The number of alkyl halides is 3. The normalized spacial score (nSPS) is 12.0. The molecule has 0 amide bonds. The average molecular weight is 310 g/mol. The smallest absolute Gasteiger partial charge is 0.418 e. The molecule has 0 fully saturated rings. The molecule has 0 radical (unpaired) electrons. The lowest BCUT2D eigenvalue weighted by atomic mass is 10.1. The largest absolute Gasteiger partial charge is 0.478 e. The second kappa shape index (κ2) is 4.79. The summed E-state index contributed by atoms with van der Waals surface area (Å²) in [5.41, 5.74) is 3.96. The van der Waals surface area contributed by atoms with E-state index in [2.05, 4.69) is 15.9 Å². The van der Waals surface area contributed by atoms with Crippen LogP contribution in [-0.2, 0) is 11.0 Å². The Hall–Kier alpha value is -1.50. The molecular formula is C10H7BrF3NO2. The fourth-order valence-corrected chi connectivity index (χ4v) is 1.62. The molecule has 3 nitrogen and oxygen atoms in total. The minimum atomic E-state index is -4.58. The van der Waals surface area contributed by atoms with Crippen molar-refractivity contribution in [3.63, 3.8) is 0 Å². The summed E-state index contributed by atoms with van der Waals surface area (Å²) in [7, 11) is 0. The number of anilines is 1. The maximum absolute atomic E-state index is 12.6. The number of nitrogens with two attached hydrogens (primary N) is 1. The Balaban J connectivity index is 3.29. The Labute approximate surface area is 103 Å². The molecule has 0 aliphatic heterocycles. The standard InChI is InChI=1S/C10H7BrF3NO2/c11-7-4-5(1-2-8(16)17)3-6(9(7)15)10(12,13)14/h1-4H,15H2,(H,16,17)/b2-1+. The van der Waals surface area contributed by atoms with Crippen LogP contribution in [0.2, 0.25) is 0 Å². The Morgan fingerprint density at radius 1 is 1.41 bits per heavy atom. The summed E-state index contributed by atoms with van der Waals surface area (Å²) in [6.45, 7) is 0. The van der Waals surface area contributed by atoms with Crippen LogP contribution in [0.3, 0.4) is 0 Å². The molecule has 3 N–H and O–H groups in total. The molecule has 0 atom stereocenters. The summed E-state index contributed by atoms with van der Waals surface area (Å²) in [4.78, 5) is 10.3. The van der Waals surface area contributed by atoms with Crippen LogP contribution in [-0.4, -0.2) is 11.1 Å². The van der Waals surface area contributed by atoms with E-state index in [1.54, 1.807) is 0 Å². The van der Waals surface area contributed by atoms with Crippen LogP contribution in [0.1, 0.15) is 11.1 Å². The van der Waals surface area contributed by atoms with Crippen molar-refractivity contribution in [1.82, 2.24) is 0 Å². The second-order valence-corrected chi connectivity index (χ2v) is 3.99. The van der Waals surface area contributed by atoms with Crippen LogP contribution >= 0.6 is 15.9 Å². The third kappa shape index (κ3) is 3.48. The van der Waals surface area contributed by atoms with Crippen molar-refractivity contribution < 1.29 is 23.1 Å². The van der Waals surface area contributed by atoms with Crippen molar-refractivity contribution in [1.29, 1.82) is 0 Å². The van der Waals surface area contributed by atoms with Gasteiger partial charge in [-0.1, -0.05) is 0 Å². The summed E-state index contributed by atoms with van der Waals surface area (Å²) in [6.07, 6.45) is -2.78. The number of rotatable bonds is 2. The average Bonchev–Trinajstić information content (AvgIpc) is 2.17. The highest BCUT2D eigenvalue weighted by Gasteiger charge is 2.33. The molecule has 0 spiro atoms. The Kier molecular flexibility index (Phi) is 3.82. The first kappa shape index (κ1) is 13.6. The van der Waals surface area contributed by atoms with Gasteiger partial charge in [-0.05, 0) is 39.7 Å². The highest BCUT2D eigenvalue weighted by Crippen LogP contribution is 2.38. The van der Waals surface area contributed by atoms with Gasteiger partial charge >= 0.3 is 12.1 Å². The van der Waals surface area contributed by atoms with E-state index in [0.29, 0.717) is 0 Å². The van der Waals surface area contributed by atoms with Crippen LogP contribution in [0.15, 0.2) is 22.7 Å². The molecule has 0 aliphatic rings. The van der Waals surface area contributed by atoms with Gasteiger partial charge in [-0.3, -0.25) is 0 Å². The highest BCUT2D eigenvalue weighted by atomic mass is 79.9. The van der Waals surface area contributed by atoms with Gasteiger partial charge in [0.05, 0.1) is 11.3 Å². The molecule has 1 rings (SSSR count). The molecule has 1 aromatic carbocycles. The van der Waals surface area contributed by atoms with Gasteiger partial charge in [-0.2, -0.15) is 13.2 Å². The van der Waals surface area contributed by atoms with Crippen LogP contribution < -0.4 is 5.73 Å². The van der Waals surface area contributed by atoms with Crippen molar-refractivity contribution in [2.24, 2.45) is 0 Å². The van der Waals surface area contributed by atoms with Crippen molar-refractivity contribution in [2.75, 3.05) is 5.73 Å². The predicted molar refractivity (Wildman–Crippen MR) is 60.2 cm³/mol. The predicted octanol–water partition coefficient (Wildman–Crippen LogP) is 3.15. The number of nitrogen functional groups attached to an aromatic ring is 1. The SMILES string of the molecule is Nc1c(Br)cc(/C=C/C(=O)O)cc1C(F)(F)F. The summed E-state index contributed by atoms with van der Waals surface area (Å²) in [5.74, 6) is -1.24. The summed E-state index contributed by atoms with van der Waals surface area (Å²) in [5, 5.41) is 8.38. The second-order valence-electron chi connectivity index (χ2n) is 3.13. The van der Waals surface area contributed by atoms with Gasteiger partial charge in [-0.25, -0.2) is 4.79 Å². The van der Waals surface area contributed by atoms with E-state index in [4.69, 9.17) is 10.8 Å². The van der Waals surface area contributed by atoms with E-state index in [9.17, 15) is 18.0 Å². The van der Waals surface area contributed by atoms with E-state index in [0.717, 1.165) is 18.2 Å². The van der Waals surface area contributed by atoms with E-state index in [-0.39, 0.29) is 10.0 Å². The molecule has 7 heteroatoms. The van der Waals surface area contributed by atoms with Gasteiger partial charge < -0.3 is 10.8 Å². The zero-order chi connectivity index (χ0) is 13.2. The third-order valence-corrected chi connectivity index (χ3v) is 2.53. The van der Waals surface area contributed by atoms with Gasteiger partial charge in [0.15, 0.2) is 0 Å². The topological polar surface area (TPSA) is 63.3 Å². The number of carboxylic acid groups (broad SMARTS) is 1. The van der Waals surface area contributed by atoms with E-state index in [1.807, 2.05) is 0 Å². The minimum Gasteiger partial charge on any atom is -0.478 e. The Morgan fingerprint density at radius 2 is 2.00 bits per heavy atom.